The Morgan fingerprint density at radius 1 is 1.17 bits per heavy atom. The second-order valence-corrected chi connectivity index (χ2v) is 4.80. The zero-order valence-electron chi connectivity index (χ0n) is 9.55. The van der Waals surface area contributed by atoms with Gasteiger partial charge in [-0.25, -0.2) is 0 Å². The second kappa shape index (κ2) is 4.42. The van der Waals surface area contributed by atoms with Crippen molar-refractivity contribution in [2.24, 2.45) is 0 Å². The van der Waals surface area contributed by atoms with Crippen LogP contribution in [0.2, 0.25) is 0 Å². The van der Waals surface area contributed by atoms with E-state index in [0.29, 0.717) is 6.54 Å². The first-order valence-corrected chi connectivity index (χ1v) is 6.34. The summed E-state index contributed by atoms with van der Waals surface area (Å²) in [7, 11) is 0. The molecule has 0 amide bonds. The number of fused-ring (bicyclic) bond motifs is 1. The summed E-state index contributed by atoms with van der Waals surface area (Å²) in [5, 5.41) is 5.44. The van der Waals surface area contributed by atoms with Crippen LogP contribution < -0.4 is 5.73 Å². The molecule has 0 spiro atoms. The van der Waals surface area contributed by atoms with E-state index in [1.165, 1.54) is 0 Å². The molecular formula is C13H11BrN4. The number of pyridine rings is 1. The Bertz CT molecular complexity index is 691. The molecule has 2 N–H and O–H groups in total. The van der Waals surface area contributed by atoms with Crippen LogP contribution in [-0.4, -0.2) is 14.8 Å². The van der Waals surface area contributed by atoms with E-state index in [4.69, 9.17) is 5.73 Å². The fourth-order valence-corrected chi connectivity index (χ4v) is 2.61. The highest BCUT2D eigenvalue weighted by Gasteiger charge is 2.10. The summed E-state index contributed by atoms with van der Waals surface area (Å²) in [5.41, 5.74) is 8.89. The van der Waals surface area contributed by atoms with Crippen molar-refractivity contribution in [2.75, 3.05) is 5.73 Å². The van der Waals surface area contributed by atoms with Crippen molar-refractivity contribution in [1.29, 1.82) is 0 Å². The predicted molar refractivity (Wildman–Crippen MR) is 75.2 cm³/mol. The average Bonchev–Trinajstić information content (AvgIpc) is 2.69. The van der Waals surface area contributed by atoms with Crippen LogP contribution >= 0.6 is 15.9 Å². The minimum atomic E-state index is 0.702. The molecule has 0 aliphatic carbocycles. The summed E-state index contributed by atoms with van der Waals surface area (Å²) in [6.07, 6.45) is 3.56. The molecular weight excluding hydrogens is 292 g/mol. The van der Waals surface area contributed by atoms with Crippen molar-refractivity contribution in [2.45, 2.75) is 6.54 Å². The van der Waals surface area contributed by atoms with Gasteiger partial charge in [-0.1, -0.05) is 6.07 Å². The number of nitrogens with two attached hydrogens (primary N) is 1. The lowest BCUT2D eigenvalue weighted by Crippen LogP contribution is -2.01. The Hall–Kier alpha value is -1.88. The zero-order valence-corrected chi connectivity index (χ0v) is 11.1. The molecule has 90 valence electrons. The maximum atomic E-state index is 5.97. The predicted octanol–water partition coefficient (Wildman–Crippen LogP) is 2.82. The van der Waals surface area contributed by atoms with E-state index in [-0.39, 0.29) is 0 Å². The van der Waals surface area contributed by atoms with Crippen LogP contribution in [0.3, 0.4) is 0 Å². The molecule has 0 aliphatic heterocycles. The number of nitrogens with zero attached hydrogens (tertiary/aromatic N) is 3. The molecule has 0 saturated heterocycles. The van der Waals surface area contributed by atoms with E-state index >= 15 is 0 Å². The molecule has 0 radical (unpaired) electrons. The number of rotatable bonds is 2. The number of nitrogen functional groups attached to an aromatic ring is 1. The lowest BCUT2D eigenvalue weighted by atomic mass is 10.2. The summed E-state index contributed by atoms with van der Waals surface area (Å²) in [4.78, 5) is 4.01. The second-order valence-electron chi connectivity index (χ2n) is 4.05. The summed E-state index contributed by atoms with van der Waals surface area (Å²) in [6.45, 7) is 0.702. The van der Waals surface area contributed by atoms with Crippen molar-refractivity contribution in [3.8, 4) is 0 Å². The van der Waals surface area contributed by atoms with E-state index in [0.717, 1.165) is 26.8 Å². The standard InChI is InChI=1S/C13H11BrN4/c14-13-12-10(15)2-1-3-11(12)18(17-13)8-9-4-6-16-7-5-9/h1-7H,8,15H2. The molecule has 3 aromatic rings. The van der Waals surface area contributed by atoms with Gasteiger partial charge >= 0.3 is 0 Å². The normalized spacial score (nSPS) is 10.9. The van der Waals surface area contributed by atoms with Crippen molar-refractivity contribution in [3.63, 3.8) is 0 Å². The van der Waals surface area contributed by atoms with E-state index < -0.39 is 0 Å². The van der Waals surface area contributed by atoms with Crippen LogP contribution in [0.25, 0.3) is 10.9 Å². The maximum absolute atomic E-state index is 5.97. The average molecular weight is 303 g/mol. The van der Waals surface area contributed by atoms with Crippen molar-refractivity contribution in [1.82, 2.24) is 14.8 Å². The molecule has 4 nitrogen and oxygen atoms in total. The first-order valence-electron chi connectivity index (χ1n) is 5.55. The number of benzene rings is 1. The van der Waals surface area contributed by atoms with Crippen molar-refractivity contribution < 1.29 is 0 Å². The fourth-order valence-electron chi connectivity index (χ4n) is 1.99. The molecule has 0 fully saturated rings. The molecule has 2 heterocycles. The third-order valence-electron chi connectivity index (χ3n) is 2.85. The monoisotopic (exact) mass is 302 g/mol. The summed E-state index contributed by atoms with van der Waals surface area (Å²) in [6, 6.07) is 9.80. The van der Waals surface area contributed by atoms with Gasteiger partial charge in [-0.05, 0) is 45.8 Å². The third-order valence-corrected chi connectivity index (χ3v) is 3.40. The number of aromatic nitrogens is 3. The number of hydrogen-bond acceptors (Lipinski definition) is 3. The number of hydrogen-bond donors (Lipinski definition) is 1. The van der Waals surface area contributed by atoms with Gasteiger partial charge in [0, 0.05) is 18.1 Å². The Balaban J connectivity index is 2.11. The highest BCUT2D eigenvalue weighted by atomic mass is 79.9. The molecule has 0 unspecified atom stereocenters. The molecule has 0 atom stereocenters. The Morgan fingerprint density at radius 3 is 2.72 bits per heavy atom. The minimum absolute atomic E-state index is 0.702. The van der Waals surface area contributed by atoms with Gasteiger partial charge in [0.1, 0.15) is 4.60 Å². The maximum Gasteiger partial charge on any atom is 0.138 e. The largest absolute Gasteiger partial charge is 0.398 e. The lowest BCUT2D eigenvalue weighted by molar-refractivity contribution is 0.705. The third kappa shape index (κ3) is 1.86. The van der Waals surface area contributed by atoms with Crippen molar-refractivity contribution in [3.05, 3.63) is 52.9 Å². The highest BCUT2D eigenvalue weighted by Crippen LogP contribution is 2.28. The molecule has 0 bridgehead atoms. The fraction of sp³-hybridized carbons (Fsp3) is 0.0769. The van der Waals surface area contributed by atoms with Crippen LogP contribution in [0.5, 0.6) is 0 Å². The molecule has 5 heteroatoms. The van der Waals surface area contributed by atoms with Gasteiger partial charge in [0.25, 0.3) is 0 Å². The quantitative estimate of drug-likeness (QED) is 0.741. The van der Waals surface area contributed by atoms with E-state index in [1.54, 1.807) is 12.4 Å². The zero-order chi connectivity index (χ0) is 12.5. The SMILES string of the molecule is Nc1cccc2c1c(Br)nn2Cc1ccncc1. The number of anilines is 1. The molecule has 1 aromatic carbocycles. The van der Waals surface area contributed by atoms with Gasteiger partial charge in [0.15, 0.2) is 0 Å². The van der Waals surface area contributed by atoms with Crippen LogP contribution in [0.1, 0.15) is 5.56 Å². The molecule has 0 aliphatic rings. The van der Waals surface area contributed by atoms with Crippen LogP contribution in [0.4, 0.5) is 5.69 Å². The van der Waals surface area contributed by atoms with Gasteiger partial charge in [-0.2, -0.15) is 5.10 Å². The smallest absolute Gasteiger partial charge is 0.138 e. The summed E-state index contributed by atoms with van der Waals surface area (Å²) >= 11 is 3.46. The van der Waals surface area contributed by atoms with Gasteiger partial charge < -0.3 is 5.73 Å². The minimum Gasteiger partial charge on any atom is -0.398 e. The van der Waals surface area contributed by atoms with Gasteiger partial charge in [0.2, 0.25) is 0 Å². The molecule has 2 aromatic heterocycles. The summed E-state index contributed by atoms with van der Waals surface area (Å²) in [5.74, 6) is 0. The van der Waals surface area contributed by atoms with E-state index in [9.17, 15) is 0 Å². The highest BCUT2D eigenvalue weighted by molar-refractivity contribution is 9.10. The first kappa shape index (κ1) is 11.2. The number of halogens is 1. The van der Waals surface area contributed by atoms with Gasteiger partial charge in [-0.15, -0.1) is 0 Å². The van der Waals surface area contributed by atoms with Gasteiger partial charge in [-0.3, -0.25) is 9.67 Å². The van der Waals surface area contributed by atoms with E-state index in [2.05, 4.69) is 26.0 Å². The van der Waals surface area contributed by atoms with Crippen LogP contribution in [-0.2, 0) is 6.54 Å². The Labute approximate surface area is 113 Å². The Kier molecular flexibility index (Phi) is 2.76. The molecule has 18 heavy (non-hydrogen) atoms. The van der Waals surface area contributed by atoms with Crippen molar-refractivity contribution >= 4 is 32.5 Å². The van der Waals surface area contributed by atoms with Crippen LogP contribution in [0.15, 0.2) is 47.3 Å². The van der Waals surface area contributed by atoms with E-state index in [1.807, 2.05) is 35.0 Å². The summed E-state index contributed by atoms with van der Waals surface area (Å²) < 4.78 is 2.72. The topological polar surface area (TPSA) is 56.7 Å². The molecule has 0 saturated carbocycles. The van der Waals surface area contributed by atoms with Gasteiger partial charge in [0.05, 0.1) is 17.4 Å². The Morgan fingerprint density at radius 2 is 1.94 bits per heavy atom. The first-order chi connectivity index (χ1) is 8.75. The molecule has 3 rings (SSSR count). The lowest BCUT2D eigenvalue weighted by Gasteiger charge is -2.03. The van der Waals surface area contributed by atoms with Crippen LogP contribution in [0, 0.1) is 0 Å².